The number of hydrazine groups is 1. The van der Waals surface area contributed by atoms with Crippen LogP contribution < -0.4 is 15.2 Å². The number of amides is 3. The lowest BCUT2D eigenvalue weighted by atomic mass is 9.84. The zero-order valence-corrected chi connectivity index (χ0v) is 43.3. The van der Waals surface area contributed by atoms with Gasteiger partial charge in [0.25, 0.3) is 14.2 Å². The second-order valence-electron chi connectivity index (χ2n) is 20.9. The van der Waals surface area contributed by atoms with Crippen LogP contribution in [0.25, 0.3) is 33.3 Å². The number of fused-ring (bicyclic) bond motifs is 6. The monoisotopic (exact) mass is 937 g/mol. The summed E-state index contributed by atoms with van der Waals surface area (Å²) in [7, 11) is -1.01. The number of aromatic nitrogens is 2. The van der Waals surface area contributed by atoms with Crippen molar-refractivity contribution in [3.63, 3.8) is 0 Å². The molecule has 0 spiro atoms. The number of nitrogens with one attached hydrogen (secondary N) is 2. The predicted octanol–water partition coefficient (Wildman–Crippen LogP) is 8.63. The number of nitrogens with zero attached hydrogens (tertiary/aromatic N) is 4. The lowest BCUT2D eigenvalue weighted by Crippen LogP contribution is -2.62. The summed E-state index contributed by atoms with van der Waals surface area (Å²) in [5.41, 5.74) is 11.9. The highest BCUT2D eigenvalue weighted by Gasteiger charge is 2.47. The molecule has 6 rings (SSSR count). The Hall–Kier alpha value is -5.05. The molecule has 0 radical (unpaired) electrons. The molecule has 67 heavy (non-hydrogen) atoms. The van der Waals surface area contributed by atoms with Crippen LogP contribution in [0.2, 0.25) is 16.6 Å². The highest BCUT2D eigenvalue weighted by atomic mass is 28.4. The fourth-order valence-corrected chi connectivity index (χ4v) is 16.2. The standard InChI is InChI=1S/C53H76N6O7Si/c1-14-37-20-21-54-29-43(37)49-42-28-53(11,12)31-65-52(64)44-17-16-22-59(56-44)51(63)45(55-50(62)48(32(3)4)57(13)47(61)30-60)25-36-23-39(38-18-19-46(41(42)27-38)58(49)15-2)26-40(24-36)66-67(33(5)6,34(7)8)35(9)10/h18-21,23-24,26-27,29,32-35,44-45,48,56,60H,14-17,22,25,28,30-31H2,1-13H3,(H,55,62)/t44-,45-,48-/m0/s1. The Morgan fingerprint density at radius 2 is 1.70 bits per heavy atom. The third-order valence-electron chi connectivity index (χ3n) is 14.2. The minimum Gasteiger partial charge on any atom is -0.543 e. The number of aliphatic hydroxyl groups is 1. The summed E-state index contributed by atoms with van der Waals surface area (Å²) < 4.78 is 16.0. The second-order valence-corrected chi connectivity index (χ2v) is 26.2. The van der Waals surface area contributed by atoms with Gasteiger partial charge in [-0.2, -0.15) is 0 Å². The van der Waals surface area contributed by atoms with Crippen molar-refractivity contribution in [2.45, 2.75) is 156 Å². The van der Waals surface area contributed by atoms with Gasteiger partial charge in [-0.25, -0.2) is 5.43 Å². The molecule has 364 valence electrons. The molecule has 0 unspecified atom stereocenters. The van der Waals surface area contributed by atoms with Gasteiger partial charge in [0.2, 0.25) is 11.8 Å². The fraction of sp³-hybridized carbons (Fsp3) is 0.566. The number of likely N-dealkylation sites (N-methyl/N-ethyl adjacent to an activating group) is 1. The van der Waals surface area contributed by atoms with E-state index in [0.29, 0.717) is 31.6 Å². The van der Waals surface area contributed by atoms with Crippen LogP contribution in [0, 0.1) is 11.3 Å². The van der Waals surface area contributed by atoms with E-state index in [1.807, 2.05) is 32.3 Å². The Bertz CT molecular complexity index is 2420. The Balaban J connectivity index is 1.63. The lowest BCUT2D eigenvalue weighted by Gasteiger charge is -2.42. The first-order chi connectivity index (χ1) is 31.7. The van der Waals surface area contributed by atoms with E-state index in [4.69, 9.17) is 9.16 Å². The molecule has 2 aliphatic rings. The second kappa shape index (κ2) is 21.1. The first kappa shape index (κ1) is 51.3. The largest absolute Gasteiger partial charge is 0.543 e. The van der Waals surface area contributed by atoms with Crippen molar-refractivity contribution in [1.29, 1.82) is 0 Å². The topological polar surface area (TPSA) is 155 Å². The number of aryl methyl sites for hydroxylation is 2. The number of hydrogen-bond donors (Lipinski definition) is 3. The van der Waals surface area contributed by atoms with Crippen molar-refractivity contribution in [1.82, 2.24) is 30.2 Å². The fourth-order valence-electron chi connectivity index (χ4n) is 11.0. The number of hydrogen-bond acceptors (Lipinski definition) is 9. The SMILES string of the molecule is CCc1ccncc1-c1c2c3cc(ccc3n1CC)-c1cc(cc(O[Si](C(C)C)(C(C)C)C(C)C)c1)C[C@H](NC(=O)[C@H](C(C)C)N(C)C(=O)CO)C(=O)N1CCC[C@H](N1)C(=O)OCC(C)(C)C2. The average Bonchev–Trinajstić information content (AvgIpc) is 3.59. The van der Waals surface area contributed by atoms with Gasteiger partial charge in [0.05, 0.1) is 12.3 Å². The van der Waals surface area contributed by atoms with Gasteiger partial charge in [0, 0.05) is 60.8 Å². The molecule has 0 aliphatic carbocycles. The van der Waals surface area contributed by atoms with Crippen molar-refractivity contribution in [3.05, 3.63) is 71.5 Å². The summed E-state index contributed by atoms with van der Waals surface area (Å²) in [6.45, 7) is 26.2. The zero-order chi connectivity index (χ0) is 49.1. The van der Waals surface area contributed by atoms with Gasteiger partial charge < -0.3 is 29.1 Å². The summed E-state index contributed by atoms with van der Waals surface area (Å²) >= 11 is 0. The van der Waals surface area contributed by atoms with Crippen molar-refractivity contribution >= 4 is 42.9 Å². The maximum atomic E-state index is 14.9. The first-order valence-corrected chi connectivity index (χ1v) is 26.6. The average molecular weight is 937 g/mol. The van der Waals surface area contributed by atoms with Gasteiger partial charge in [-0.1, -0.05) is 88.3 Å². The molecule has 13 nitrogen and oxygen atoms in total. The van der Waals surface area contributed by atoms with E-state index in [9.17, 15) is 24.3 Å². The number of cyclic esters (lactones) is 1. The van der Waals surface area contributed by atoms with Crippen LogP contribution in [0.1, 0.15) is 113 Å². The summed E-state index contributed by atoms with van der Waals surface area (Å²) in [6, 6.07) is 12.1. The highest BCUT2D eigenvalue weighted by Crippen LogP contribution is 2.45. The summed E-state index contributed by atoms with van der Waals surface area (Å²) in [5, 5.41) is 15.3. The van der Waals surface area contributed by atoms with Crippen LogP contribution in [-0.4, -0.2) is 102 Å². The first-order valence-electron chi connectivity index (χ1n) is 24.5. The van der Waals surface area contributed by atoms with Gasteiger partial charge in [-0.05, 0) is 113 Å². The molecule has 1 fully saturated rings. The Morgan fingerprint density at radius 1 is 1.00 bits per heavy atom. The normalized spacial score (nSPS) is 18.6. The van der Waals surface area contributed by atoms with Gasteiger partial charge in [0.1, 0.15) is 30.5 Å². The molecular formula is C53H76N6O7Si. The quantitative estimate of drug-likeness (QED) is 0.0883. The Kier molecular flexibility index (Phi) is 16.1. The predicted molar refractivity (Wildman–Crippen MR) is 268 cm³/mol. The maximum absolute atomic E-state index is 14.9. The van der Waals surface area contributed by atoms with Crippen LogP contribution in [0.5, 0.6) is 5.75 Å². The lowest BCUT2D eigenvalue weighted by molar-refractivity contribution is -0.155. The van der Waals surface area contributed by atoms with E-state index in [-0.39, 0.29) is 35.6 Å². The molecule has 3 amide bonds. The molecule has 3 atom stereocenters. The number of benzene rings is 2. The molecule has 2 aromatic carbocycles. The molecule has 1 saturated heterocycles. The third kappa shape index (κ3) is 10.7. The van der Waals surface area contributed by atoms with E-state index in [0.717, 1.165) is 57.4 Å². The van der Waals surface area contributed by atoms with Crippen LogP contribution >= 0.6 is 0 Å². The summed E-state index contributed by atoms with van der Waals surface area (Å²) in [5.74, 6) is -1.63. The Morgan fingerprint density at radius 3 is 2.33 bits per heavy atom. The maximum Gasteiger partial charge on any atom is 0.324 e. The third-order valence-corrected chi connectivity index (χ3v) is 20.2. The van der Waals surface area contributed by atoms with Crippen LogP contribution in [0.15, 0.2) is 54.9 Å². The number of esters is 1. The number of pyridine rings is 1. The van der Waals surface area contributed by atoms with E-state index >= 15 is 0 Å². The molecule has 2 aliphatic heterocycles. The van der Waals surface area contributed by atoms with Crippen molar-refractivity contribution in [3.8, 4) is 28.1 Å². The van der Waals surface area contributed by atoms with Gasteiger partial charge in [0.15, 0.2) is 0 Å². The number of aliphatic hydroxyl groups excluding tert-OH is 1. The van der Waals surface area contributed by atoms with E-state index in [1.165, 1.54) is 22.5 Å². The molecule has 4 heterocycles. The van der Waals surface area contributed by atoms with Crippen molar-refractivity contribution in [2.24, 2.45) is 11.3 Å². The number of carbonyl (C=O) groups is 4. The molecule has 14 heteroatoms. The van der Waals surface area contributed by atoms with Crippen molar-refractivity contribution in [2.75, 3.05) is 26.8 Å². The molecular weight excluding hydrogens is 861 g/mol. The minimum atomic E-state index is -2.50. The van der Waals surface area contributed by atoms with Crippen LogP contribution in [-0.2, 0) is 49.7 Å². The molecule has 6 bridgehead atoms. The van der Waals surface area contributed by atoms with E-state index < -0.39 is 62.2 Å². The van der Waals surface area contributed by atoms with E-state index in [2.05, 4.69) is 126 Å². The Labute approximate surface area is 399 Å². The number of carbonyl (C=O) groups excluding carboxylic acids is 4. The molecule has 4 aromatic rings. The molecule has 0 saturated carbocycles. The summed E-state index contributed by atoms with van der Waals surface area (Å²) in [6.07, 6.45) is 6.36. The smallest absolute Gasteiger partial charge is 0.324 e. The molecule has 3 N–H and O–H groups in total. The number of ether oxygens (including phenoxy) is 1. The zero-order valence-electron chi connectivity index (χ0n) is 42.3. The van der Waals surface area contributed by atoms with Crippen LogP contribution in [0.4, 0.5) is 0 Å². The minimum absolute atomic E-state index is 0.0863. The van der Waals surface area contributed by atoms with Gasteiger partial charge in [-0.3, -0.25) is 29.2 Å². The molecule has 2 aromatic heterocycles. The van der Waals surface area contributed by atoms with E-state index in [1.54, 1.807) is 0 Å². The van der Waals surface area contributed by atoms with Gasteiger partial charge in [-0.15, -0.1) is 0 Å². The highest BCUT2D eigenvalue weighted by molar-refractivity contribution is 6.78. The van der Waals surface area contributed by atoms with Crippen molar-refractivity contribution < 1.29 is 33.4 Å². The number of rotatable bonds is 13. The van der Waals surface area contributed by atoms with Gasteiger partial charge >= 0.3 is 5.97 Å². The van der Waals surface area contributed by atoms with Crippen LogP contribution in [0.3, 0.4) is 0 Å². The summed E-state index contributed by atoms with van der Waals surface area (Å²) in [4.78, 5) is 62.0.